The molecule has 1 aliphatic carbocycles. The predicted molar refractivity (Wildman–Crippen MR) is 123 cm³/mol. The van der Waals surface area contributed by atoms with E-state index in [4.69, 9.17) is 4.74 Å². The van der Waals surface area contributed by atoms with Gasteiger partial charge in [-0.2, -0.15) is 0 Å². The predicted octanol–water partition coefficient (Wildman–Crippen LogP) is 7.32. The normalized spacial score (nSPS) is 18.8. The van der Waals surface area contributed by atoms with Crippen LogP contribution in [-0.4, -0.2) is 7.11 Å². The Bertz CT molecular complexity index is 1010. The zero-order chi connectivity index (χ0) is 20.1. The van der Waals surface area contributed by atoms with Crippen LogP contribution in [0.1, 0.15) is 68.1 Å². The molecule has 4 rings (SSSR count). The van der Waals surface area contributed by atoms with Crippen LogP contribution in [-0.2, 0) is 0 Å². The number of hydrogen-bond acceptors (Lipinski definition) is 1. The number of benzene rings is 3. The van der Waals surface area contributed by atoms with Gasteiger partial charge in [-0.3, -0.25) is 0 Å². The SMILES string of the molecule is CCC[C@H]1CC[C@H](c2ccc(C#Cc3ccc4cc(OC)ccc4c3)cc2)CC1. The third-order valence-electron chi connectivity index (χ3n) is 6.32. The first-order chi connectivity index (χ1) is 14.2. The van der Waals surface area contributed by atoms with Crippen molar-refractivity contribution in [1.82, 2.24) is 0 Å². The maximum absolute atomic E-state index is 5.30. The van der Waals surface area contributed by atoms with Gasteiger partial charge >= 0.3 is 0 Å². The van der Waals surface area contributed by atoms with Gasteiger partial charge in [-0.15, -0.1) is 0 Å². The van der Waals surface area contributed by atoms with E-state index in [0.29, 0.717) is 0 Å². The summed E-state index contributed by atoms with van der Waals surface area (Å²) in [5, 5.41) is 2.36. The maximum Gasteiger partial charge on any atom is 0.119 e. The molecular weight excluding hydrogens is 352 g/mol. The summed E-state index contributed by atoms with van der Waals surface area (Å²) in [7, 11) is 1.70. The molecule has 1 nitrogen and oxygen atoms in total. The molecule has 1 aliphatic rings. The van der Waals surface area contributed by atoms with E-state index in [1.165, 1.54) is 54.9 Å². The molecule has 29 heavy (non-hydrogen) atoms. The van der Waals surface area contributed by atoms with Crippen LogP contribution in [0.25, 0.3) is 10.8 Å². The molecule has 0 amide bonds. The zero-order valence-electron chi connectivity index (χ0n) is 17.6. The van der Waals surface area contributed by atoms with Gasteiger partial charge in [0.2, 0.25) is 0 Å². The first kappa shape index (κ1) is 19.6. The number of rotatable bonds is 4. The summed E-state index contributed by atoms with van der Waals surface area (Å²) in [6.07, 6.45) is 8.22. The Morgan fingerprint density at radius 2 is 1.45 bits per heavy atom. The molecule has 3 aromatic rings. The molecule has 148 valence electrons. The second-order valence-electron chi connectivity index (χ2n) is 8.31. The van der Waals surface area contributed by atoms with Gasteiger partial charge in [0, 0.05) is 11.1 Å². The highest BCUT2D eigenvalue weighted by atomic mass is 16.5. The molecule has 0 unspecified atom stereocenters. The lowest BCUT2D eigenvalue weighted by Crippen LogP contribution is -2.13. The number of hydrogen-bond donors (Lipinski definition) is 0. The van der Waals surface area contributed by atoms with Crippen LogP contribution in [0.2, 0.25) is 0 Å². The molecule has 0 bridgehead atoms. The molecule has 0 saturated heterocycles. The van der Waals surface area contributed by atoms with E-state index >= 15 is 0 Å². The third kappa shape index (κ3) is 4.83. The fourth-order valence-electron chi connectivity index (χ4n) is 4.60. The molecule has 0 aromatic heterocycles. The molecule has 0 aliphatic heterocycles. The fraction of sp³-hybridized carbons (Fsp3) is 0.357. The molecule has 0 atom stereocenters. The van der Waals surface area contributed by atoms with Crippen LogP contribution < -0.4 is 4.74 Å². The third-order valence-corrected chi connectivity index (χ3v) is 6.32. The average molecular weight is 383 g/mol. The van der Waals surface area contributed by atoms with E-state index in [1.807, 2.05) is 6.07 Å². The minimum Gasteiger partial charge on any atom is -0.497 e. The van der Waals surface area contributed by atoms with E-state index in [9.17, 15) is 0 Å². The minimum absolute atomic E-state index is 0.739. The van der Waals surface area contributed by atoms with Crippen molar-refractivity contribution in [1.29, 1.82) is 0 Å². The number of ether oxygens (including phenoxy) is 1. The van der Waals surface area contributed by atoms with E-state index in [2.05, 4.69) is 73.4 Å². The molecular formula is C28H30O. The molecule has 1 fully saturated rings. The first-order valence-electron chi connectivity index (χ1n) is 10.9. The largest absolute Gasteiger partial charge is 0.497 e. The van der Waals surface area contributed by atoms with Crippen molar-refractivity contribution in [2.24, 2.45) is 5.92 Å². The van der Waals surface area contributed by atoms with Crippen molar-refractivity contribution in [3.8, 4) is 17.6 Å². The van der Waals surface area contributed by atoms with Gasteiger partial charge in [0.1, 0.15) is 5.75 Å². The van der Waals surface area contributed by atoms with E-state index in [-0.39, 0.29) is 0 Å². The standard InChI is InChI=1S/C28H30O/c1-3-4-21-7-12-24(13-8-21)25-14-9-22(10-15-25)5-6-23-11-16-27-20-28(29-2)18-17-26(27)19-23/h9-11,14-21,24H,3-4,7-8,12-13H2,1-2H3/t21-,24-. The van der Waals surface area contributed by atoms with E-state index in [0.717, 1.165) is 28.7 Å². The van der Waals surface area contributed by atoms with Gasteiger partial charge < -0.3 is 4.74 Å². The van der Waals surface area contributed by atoms with Gasteiger partial charge in [0.05, 0.1) is 7.11 Å². The quantitative estimate of drug-likeness (QED) is 0.429. The second-order valence-corrected chi connectivity index (χ2v) is 8.31. The Morgan fingerprint density at radius 1 is 0.793 bits per heavy atom. The number of methoxy groups -OCH3 is 1. The summed E-state index contributed by atoms with van der Waals surface area (Å²) < 4.78 is 5.30. The monoisotopic (exact) mass is 382 g/mol. The van der Waals surface area contributed by atoms with Crippen molar-refractivity contribution in [2.45, 2.75) is 51.4 Å². The lowest BCUT2D eigenvalue weighted by atomic mass is 9.77. The Balaban J connectivity index is 1.43. The smallest absolute Gasteiger partial charge is 0.119 e. The van der Waals surface area contributed by atoms with Crippen LogP contribution >= 0.6 is 0 Å². The van der Waals surface area contributed by atoms with Gasteiger partial charge in [-0.25, -0.2) is 0 Å². The molecule has 0 heterocycles. The summed E-state index contributed by atoms with van der Waals surface area (Å²) >= 11 is 0. The van der Waals surface area contributed by atoms with Crippen molar-refractivity contribution in [2.75, 3.05) is 7.11 Å². The Hall–Kier alpha value is -2.72. The topological polar surface area (TPSA) is 9.23 Å². The number of fused-ring (bicyclic) bond motifs is 1. The molecule has 1 saturated carbocycles. The minimum atomic E-state index is 0.739. The lowest BCUT2D eigenvalue weighted by Gasteiger charge is -2.28. The Labute approximate surface area is 175 Å². The summed E-state index contributed by atoms with van der Waals surface area (Å²) in [5.74, 6) is 9.23. The van der Waals surface area contributed by atoms with Crippen molar-refractivity contribution >= 4 is 10.8 Å². The van der Waals surface area contributed by atoms with Gasteiger partial charge in [0.25, 0.3) is 0 Å². The summed E-state index contributed by atoms with van der Waals surface area (Å²) in [6.45, 7) is 2.31. The van der Waals surface area contributed by atoms with Crippen LogP contribution in [0.15, 0.2) is 60.7 Å². The zero-order valence-corrected chi connectivity index (χ0v) is 17.6. The van der Waals surface area contributed by atoms with Gasteiger partial charge in [0.15, 0.2) is 0 Å². The van der Waals surface area contributed by atoms with Crippen LogP contribution in [0.3, 0.4) is 0 Å². The van der Waals surface area contributed by atoms with Gasteiger partial charge in [-0.1, -0.05) is 55.9 Å². The summed E-state index contributed by atoms with van der Waals surface area (Å²) in [6, 6.07) is 21.4. The molecule has 1 heteroatoms. The summed E-state index contributed by atoms with van der Waals surface area (Å²) in [5.41, 5.74) is 3.62. The van der Waals surface area contributed by atoms with E-state index < -0.39 is 0 Å². The van der Waals surface area contributed by atoms with Gasteiger partial charge in [-0.05, 0) is 90.3 Å². The second kappa shape index (κ2) is 9.19. The lowest BCUT2D eigenvalue weighted by molar-refractivity contribution is 0.308. The van der Waals surface area contributed by atoms with Crippen molar-refractivity contribution in [3.05, 3.63) is 77.4 Å². The highest BCUT2D eigenvalue weighted by Crippen LogP contribution is 2.37. The van der Waals surface area contributed by atoms with Crippen LogP contribution in [0.4, 0.5) is 0 Å². The first-order valence-corrected chi connectivity index (χ1v) is 10.9. The summed E-state index contributed by atoms with van der Waals surface area (Å²) in [4.78, 5) is 0. The molecule has 0 N–H and O–H groups in total. The average Bonchev–Trinajstić information content (AvgIpc) is 2.78. The van der Waals surface area contributed by atoms with Crippen LogP contribution in [0.5, 0.6) is 5.75 Å². The highest BCUT2D eigenvalue weighted by molar-refractivity contribution is 5.85. The fourth-order valence-corrected chi connectivity index (χ4v) is 4.60. The molecule has 0 radical (unpaired) electrons. The molecule has 3 aromatic carbocycles. The van der Waals surface area contributed by atoms with E-state index in [1.54, 1.807) is 7.11 Å². The van der Waals surface area contributed by atoms with Crippen molar-refractivity contribution < 1.29 is 4.74 Å². The Morgan fingerprint density at radius 3 is 2.17 bits per heavy atom. The Kier molecular flexibility index (Phi) is 6.20. The van der Waals surface area contributed by atoms with Crippen LogP contribution in [0, 0.1) is 17.8 Å². The maximum atomic E-state index is 5.30. The highest BCUT2D eigenvalue weighted by Gasteiger charge is 2.21. The van der Waals surface area contributed by atoms with Crippen molar-refractivity contribution in [3.63, 3.8) is 0 Å². The molecule has 0 spiro atoms.